The third-order valence-electron chi connectivity index (χ3n) is 5.71. The van der Waals surface area contributed by atoms with Crippen molar-refractivity contribution in [3.63, 3.8) is 0 Å². The van der Waals surface area contributed by atoms with E-state index >= 15 is 0 Å². The average molecular weight is 442 g/mol. The molecule has 0 aromatic heterocycles. The van der Waals surface area contributed by atoms with Crippen LogP contribution in [-0.4, -0.2) is 6.11 Å². The van der Waals surface area contributed by atoms with Gasteiger partial charge in [0.2, 0.25) is 0 Å². The molecule has 1 nitrogen and oxygen atoms in total. The standard InChI is InChI=1S/C24H24F6O/c1-2-3-15-4-6-16(7-5-15)18-9-8-17(20(25)12-18)10-11-24(29,30)31-19-13-21(26)23(28)22(27)14-19/h8-16H,2-7H2,1H3. The van der Waals surface area contributed by atoms with Crippen molar-refractivity contribution in [1.29, 1.82) is 0 Å². The molecule has 168 valence electrons. The zero-order valence-corrected chi connectivity index (χ0v) is 17.1. The Morgan fingerprint density at radius 2 is 1.58 bits per heavy atom. The van der Waals surface area contributed by atoms with Gasteiger partial charge in [0, 0.05) is 23.8 Å². The van der Waals surface area contributed by atoms with Crippen LogP contribution in [0.15, 0.2) is 36.4 Å². The van der Waals surface area contributed by atoms with E-state index in [2.05, 4.69) is 11.7 Å². The van der Waals surface area contributed by atoms with Gasteiger partial charge in [-0.25, -0.2) is 17.6 Å². The SMILES string of the molecule is CCCC1CCC(c2ccc(C=CC(F)(F)Oc3cc(F)c(F)c(F)c3)c(F)c2)CC1. The minimum Gasteiger partial charge on any atom is -0.429 e. The number of halogens is 6. The molecule has 0 N–H and O–H groups in total. The normalized spacial score (nSPS) is 19.7. The minimum absolute atomic E-state index is 0.0665. The lowest BCUT2D eigenvalue weighted by molar-refractivity contribution is -0.131. The van der Waals surface area contributed by atoms with Crippen LogP contribution in [-0.2, 0) is 0 Å². The molecular formula is C24H24F6O. The first-order valence-corrected chi connectivity index (χ1v) is 10.4. The van der Waals surface area contributed by atoms with Crippen LogP contribution >= 0.6 is 0 Å². The topological polar surface area (TPSA) is 9.23 Å². The lowest BCUT2D eigenvalue weighted by Gasteiger charge is -2.28. The Hall–Kier alpha value is -2.44. The Labute approximate surface area is 177 Å². The first-order chi connectivity index (χ1) is 14.7. The Kier molecular flexibility index (Phi) is 7.34. The van der Waals surface area contributed by atoms with E-state index in [0.717, 1.165) is 49.7 Å². The summed E-state index contributed by atoms with van der Waals surface area (Å²) in [7, 11) is 0. The third kappa shape index (κ3) is 6.05. The number of benzene rings is 2. The molecule has 0 atom stereocenters. The first-order valence-electron chi connectivity index (χ1n) is 10.4. The summed E-state index contributed by atoms with van der Waals surface area (Å²) < 4.78 is 86.0. The Morgan fingerprint density at radius 1 is 0.935 bits per heavy atom. The van der Waals surface area contributed by atoms with E-state index in [0.29, 0.717) is 12.1 Å². The monoisotopic (exact) mass is 442 g/mol. The van der Waals surface area contributed by atoms with Gasteiger partial charge in [-0.3, -0.25) is 0 Å². The van der Waals surface area contributed by atoms with Crippen LogP contribution in [0, 0.1) is 29.2 Å². The lowest BCUT2D eigenvalue weighted by Crippen LogP contribution is -2.21. The summed E-state index contributed by atoms with van der Waals surface area (Å²) in [5, 5.41) is 0. The zero-order chi connectivity index (χ0) is 22.6. The van der Waals surface area contributed by atoms with Gasteiger partial charge in [-0.1, -0.05) is 31.9 Å². The van der Waals surface area contributed by atoms with Gasteiger partial charge in [-0.15, -0.1) is 0 Å². The lowest BCUT2D eigenvalue weighted by atomic mass is 9.77. The summed E-state index contributed by atoms with van der Waals surface area (Å²) in [6, 6.07) is 5.15. The van der Waals surface area contributed by atoms with Crippen molar-refractivity contribution in [1.82, 2.24) is 0 Å². The van der Waals surface area contributed by atoms with Crippen molar-refractivity contribution in [2.45, 2.75) is 57.5 Å². The van der Waals surface area contributed by atoms with Gasteiger partial charge in [-0.05, 0) is 55.2 Å². The zero-order valence-electron chi connectivity index (χ0n) is 17.1. The summed E-state index contributed by atoms with van der Waals surface area (Å²) in [6.45, 7) is 2.17. The second-order valence-corrected chi connectivity index (χ2v) is 7.99. The molecule has 0 bridgehead atoms. The van der Waals surface area contributed by atoms with Crippen LogP contribution in [0.5, 0.6) is 5.75 Å². The maximum atomic E-state index is 14.5. The van der Waals surface area contributed by atoms with E-state index in [-0.39, 0.29) is 17.6 Å². The van der Waals surface area contributed by atoms with E-state index in [1.165, 1.54) is 18.6 Å². The molecule has 0 radical (unpaired) electrons. The van der Waals surface area contributed by atoms with E-state index in [1.54, 1.807) is 6.07 Å². The van der Waals surface area contributed by atoms with Gasteiger partial charge < -0.3 is 4.74 Å². The van der Waals surface area contributed by atoms with Crippen molar-refractivity contribution in [3.8, 4) is 5.75 Å². The minimum atomic E-state index is -3.99. The second kappa shape index (κ2) is 9.79. The molecule has 0 spiro atoms. The second-order valence-electron chi connectivity index (χ2n) is 7.99. The van der Waals surface area contributed by atoms with Crippen LogP contribution in [0.4, 0.5) is 26.3 Å². The van der Waals surface area contributed by atoms with E-state index in [4.69, 9.17) is 0 Å². The smallest absolute Gasteiger partial charge is 0.419 e. The van der Waals surface area contributed by atoms with Crippen LogP contribution in [0.1, 0.15) is 62.5 Å². The Bertz CT molecular complexity index is 909. The van der Waals surface area contributed by atoms with Gasteiger partial charge in [-0.2, -0.15) is 8.78 Å². The van der Waals surface area contributed by atoms with Crippen molar-refractivity contribution in [2.24, 2.45) is 5.92 Å². The Morgan fingerprint density at radius 3 is 2.16 bits per heavy atom. The average Bonchev–Trinajstić information content (AvgIpc) is 2.71. The van der Waals surface area contributed by atoms with Gasteiger partial charge in [0.1, 0.15) is 11.6 Å². The van der Waals surface area contributed by atoms with Crippen LogP contribution in [0.25, 0.3) is 6.08 Å². The van der Waals surface area contributed by atoms with Crippen LogP contribution in [0.3, 0.4) is 0 Å². The maximum Gasteiger partial charge on any atom is 0.419 e. The summed E-state index contributed by atoms with van der Waals surface area (Å²) in [4.78, 5) is 0. The molecule has 0 unspecified atom stereocenters. The van der Waals surface area contributed by atoms with E-state index in [9.17, 15) is 26.3 Å². The number of hydrogen-bond donors (Lipinski definition) is 0. The fourth-order valence-corrected chi connectivity index (χ4v) is 4.09. The summed E-state index contributed by atoms with van der Waals surface area (Å²) in [5.74, 6) is -5.64. The van der Waals surface area contributed by atoms with E-state index < -0.39 is 35.1 Å². The largest absolute Gasteiger partial charge is 0.429 e. The molecule has 1 aliphatic carbocycles. The molecule has 7 heteroatoms. The number of hydrogen-bond acceptors (Lipinski definition) is 1. The molecule has 1 fully saturated rings. The molecular weight excluding hydrogens is 418 g/mol. The van der Waals surface area contributed by atoms with Gasteiger partial charge >= 0.3 is 6.11 Å². The van der Waals surface area contributed by atoms with Crippen LogP contribution in [0.2, 0.25) is 0 Å². The van der Waals surface area contributed by atoms with Crippen molar-refractivity contribution < 1.29 is 31.1 Å². The number of alkyl halides is 2. The van der Waals surface area contributed by atoms with Crippen molar-refractivity contribution in [2.75, 3.05) is 0 Å². The first kappa shape index (κ1) is 23.2. The number of ether oxygens (including phenoxy) is 1. The summed E-state index contributed by atoms with van der Waals surface area (Å²) in [6.07, 6.45) is 3.67. The van der Waals surface area contributed by atoms with Crippen molar-refractivity contribution in [3.05, 3.63) is 70.8 Å². The van der Waals surface area contributed by atoms with Gasteiger partial charge in [0.25, 0.3) is 0 Å². The molecule has 3 rings (SSSR count). The van der Waals surface area contributed by atoms with Crippen LogP contribution < -0.4 is 4.74 Å². The molecule has 0 saturated heterocycles. The molecule has 0 heterocycles. The maximum absolute atomic E-state index is 14.5. The molecule has 0 aliphatic heterocycles. The fraction of sp³-hybridized carbons (Fsp3) is 0.417. The highest BCUT2D eigenvalue weighted by Gasteiger charge is 2.29. The summed E-state index contributed by atoms with van der Waals surface area (Å²) in [5.41, 5.74) is 0.785. The summed E-state index contributed by atoms with van der Waals surface area (Å²) >= 11 is 0. The quantitative estimate of drug-likeness (QED) is 0.312. The molecule has 31 heavy (non-hydrogen) atoms. The molecule has 1 aliphatic rings. The highest BCUT2D eigenvalue weighted by molar-refractivity contribution is 5.52. The van der Waals surface area contributed by atoms with Crippen molar-refractivity contribution >= 4 is 6.08 Å². The molecule has 1 saturated carbocycles. The molecule has 2 aromatic carbocycles. The number of rotatable bonds is 7. The highest BCUT2D eigenvalue weighted by atomic mass is 19.3. The molecule has 0 amide bonds. The van der Waals surface area contributed by atoms with Gasteiger partial charge in [0.15, 0.2) is 17.5 Å². The Balaban J connectivity index is 1.66. The highest BCUT2D eigenvalue weighted by Crippen LogP contribution is 2.38. The van der Waals surface area contributed by atoms with Gasteiger partial charge in [0.05, 0.1) is 0 Å². The predicted molar refractivity (Wildman–Crippen MR) is 107 cm³/mol. The predicted octanol–water partition coefficient (Wildman–Crippen LogP) is 8.00. The third-order valence-corrected chi connectivity index (χ3v) is 5.71. The molecule has 2 aromatic rings. The fourth-order valence-electron chi connectivity index (χ4n) is 4.09. The van der Waals surface area contributed by atoms with E-state index in [1.807, 2.05) is 0 Å².